The predicted molar refractivity (Wildman–Crippen MR) is 135 cm³/mol. The van der Waals surface area contributed by atoms with Crippen molar-refractivity contribution in [1.82, 2.24) is 14.9 Å². The van der Waals surface area contributed by atoms with Crippen molar-refractivity contribution in [3.8, 4) is 22.6 Å². The molecule has 1 unspecified atom stereocenters. The average Bonchev–Trinajstić information content (AvgIpc) is 3.28. The van der Waals surface area contributed by atoms with Gasteiger partial charge in [0.2, 0.25) is 0 Å². The summed E-state index contributed by atoms with van der Waals surface area (Å²) >= 11 is 0. The van der Waals surface area contributed by atoms with E-state index in [0.29, 0.717) is 12.2 Å². The van der Waals surface area contributed by atoms with E-state index >= 15 is 0 Å². The van der Waals surface area contributed by atoms with E-state index in [1.54, 1.807) is 0 Å². The van der Waals surface area contributed by atoms with Crippen LogP contribution in [0, 0.1) is 0 Å². The van der Waals surface area contributed by atoms with Gasteiger partial charge in [-0.1, -0.05) is 111 Å². The summed E-state index contributed by atoms with van der Waals surface area (Å²) in [6.07, 6.45) is 3.03. The second-order valence-corrected chi connectivity index (χ2v) is 8.19. The Kier molecular flexibility index (Phi) is 7.36. The molecule has 1 amide bonds. The summed E-state index contributed by atoms with van der Waals surface area (Å²) < 4.78 is 2.04. The number of hydrogen-bond donors (Lipinski definition) is 1. The third kappa shape index (κ3) is 5.06. The van der Waals surface area contributed by atoms with Crippen LogP contribution in [0.25, 0.3) is 22.6 Å². The second kappa shape index (κ2) is 10.8. The minimum Gasteiger partial charge on any atom is -0.344 e. The lowest BCUT2D eigenvalue weighted by Crippen LogP contribution is -2.31. The molecule has 1 aromatic heterocycles. The molecule has 4 nitrogen and oxygen atoms in total. The fourth-order valence-corrected chi connectivity index (χ4v) is 4.24. The Labute approximate surface area is 196 Å². The number of nitrogens with zero attached hydrogens (tertiary/aromatic N) is 2. The van der Waals surface area contributed by atoms with Crippen molar-refractivity contribution in [2.24, 2.45) is 0 Å². The van der Waals surface area contributed by atoms with Gasteiger partial charge in [-0.3, -0.25) is 4.79 Å². The van der Waals surface area contributed by atoms with Crippen LogP contribution >= 0.6 is 0 Å². The summed E-state index contributed by atoms with van der Waals surface area (Å²) in [5.74, 6) is 0.724. The largest absolute Gasteiger partial charge is 0.344 e. The molecule has 0 aliphatic heterocycles. The molecule has 33 heavy (non-hydrogen) atoms. The van der Waals surface area contributed by atoms with E-state index in [2.05, 4.69) is 31.3 Å². The maximum Gasteiger partial charge on any atom is 0.270 e. The first-order valence-electron chi connectivity index (χ1n) is 11.8. The van der Waals surface area contributed by atoms with Gasteiger partial charge in [0, 0.05) is 17.7 Å². The van der Waals surface area contributed by atoms with Crippen LogP contribution in [0.1, 0.15) is 55.2 Å². The van der Waals surface area contributed by atoms with E-state index in [9.17, 15) is 4.79 Å². The zero-order valence-corrected chi connectivity index (χ0v) is 19.4. The van der Waals surface area contributed by atoms with Crippen LogP contribution in [0.5, 0.6) is 0 Å². The lowest BCUT2D eigenvalue weighted by atomic mass is 10.0. The summed E-state index contributed by atoms with van der Waals surface area (Å²) in [5.41, 5.74) is 4.40. The van der Waals surface area contributed by atoms with Gasteiger partial charge in [0.25, 0.3) is 5.91 Å². The Balaban J connectivity index is 1.79. The van der Waals surface area contributed by atoms with E-state index in [-0.39, 0.29) is 11.9 Å². The first-order valence-corrected chi connectivity index (χ1v) is 11.8. The molecule has 168 valence electrons. The lowest BCUT2D eigenvalue weighted by Gasteiger charge is -2.20. The Morgan fingerprint density at radius 1 is 0.848 bits per heavy atom. The molecule has 4 heteroatoms. The average molecular weight is 438 g/mol. The predicted octanol–water partition coefficient (Wildman–Crippen LogP) is 6.90. The van der Waals surface area contributed by atoms with Crippen LogP contribution in [-0.4, -0.2) is 15.5 Å². The molecule has 0 fully saturated rings. The van der Waals surface area contributed by atoms with Crippen molar-refractivity contribution in [3.05, 3.63) is 102 Å². The Bertz CT molecular complexity index is 1170. The topological polar surface area (TPSA) is 46.9 Å². The second-order valence-electron chi connectivity index (χ2n) is 8.19. The monoisotopic (exact) mass is 437 g/mol. The van der Waals surface area contributed by atoms with Crippen LogP contribution in [0.3, 0.4) is 0 Å². The van der Waals surface area contributed by atoms with Crippen molar-refractivity contribution in [2.75, 3.05) is 0 Å². The summed E-state index contributed by atoms with van der Waals surface area (Å²) in [5, 5.41) is 3.33. The van der Waals surface area contributed by atoms with Gasteiger partial charge in [0.1, 0.15) is 17.2 Å². The lowest BCUT2D eigenvalue weighted by molar-refractivity contribution is 0.0925. The molecule has 1 heterocycles. The highest BCUT2D eigenvalue weighted by atomic mass is 16.2. The third-order valence-corrected chi connectivity index (χ3v) is 5.93. The van der Waals surface area contributed by atoms with E-state index in [0.717, 1.165) is 47.5 Å². The summed E-state index contributed by atoms with van der Waals surface area (Å²) in [7, 11) is 0. The van der Waals surface area contributed by atoms with Gasteiger partial charge in [-0.2, -0.15) is 0 Å². The van der Waals surface area contributed by atoms with Crippen molar-refractivity contribution < 1.29 is 4.79 Å². The highest BCUT2D eigenvalue weighted by Crippen LogP contribution is 2.30. The molecule has 0 bridgehead atoms. The molecule has 1 N–H and O–H groups in total. The number of imidazole rings is 1. The Hall–Kier alpha value is -3.66. The highest BCUT2D eigenvalue weighted by Gasteiger charge is 2.26. The summed E-state index contributed by atoms with van der Waals surface area (Å²) in [6.45, 7) is 4.89. The molecule has 1 atom stereocenters. The van der Waals surface area contributed by atoms with Crippen molar-refractivity contribution in [3.63, 3.8) is 0 Å². The van der Waals surface area contributed by atoms with E-state index < -0.39 is 0 Å². The molecular weight excluding hydrogens is 406 g/mol. The van der Waals surface area contributed by atoms with Crippen molar-refractivity contribution in [1.29, 1.82) is 0 Å². The van der Waals surface area contributed by atoms with Crippen LogP contribution < -0.4 is 5.32 Å². The molecule has 3 aromatic carbocycles. The summed E-state index contributed by atoms with van der Waals surface area (Å²) in [4.78, 5) is 18.8. The molecule has 4 rings (SSSR count). The number of amides is 1. The van der Waals surface area contributed by atoms with E-state index in [1.807, 2.05) is 83.4 Å². The molecule has 0 spiro atoms. The van der Waals surface area contributed by atoms with Crippen LogP contribution in [-0.2, 0) is 6.54 Å². The fourth-order valence-electron chi connectivity index (χ4n) is 4.24. The minimum atomic E-state index is -0.0876. The number of aromatic nitrogens is 2. The first kappa shape index (κ1) is 22.5. The molecule has 0 saturated heterocycles. The third-order valence-electron chi connectivity index (χ3n) is 5.93. The van der Waals surface area contributed by atoms with Gasteiger partial charge in [-0.05, 0) is 18.9 Å². The van der Waals surface area contributed by atoms with Crippen LogP contribution in [0.15, 0.2) is 91.0 Å². The normalized spacial score (nSPS) is 11.8. The molecule has 0 radical (unpaired) electrons. The maximum absolute atomic E-state index is 13.8. The van der Waals surface area contributed by atoms with Crippen molar-refractivity contribution >= 4 is 5.91 Å². The van der Waals surface area contributed by atoms with Crippen LogP contribution in [0.2, 0.25) is 0 Å². The summed E-state index contributed by atoms with van der Waals surface area (Å²) in [6, 6.07) is 30.3. The molecule has 0 aliphatic carbocycles. The number of rotatable bonds is 9. The zero-order valence-electron chi connectivity index (χ0n) is 19.4. The minimum absolute atomic E-state index is 0.0392. The van der Waals surface area contributed by atoms with Gasteiger partial charge in [-0.25, -0.2) is 4.98 Å². The molecule has 0 aliphatic rings. The molecule has 4 aromatic rings. The fraction of sp³-hybridized carbons (Fsp3) is 0.241. The van der Waals surface area contributed by atoms with Crippen LogP contribution in [0.4, 0.5) is 0 Å². The number of carbonyl (C=O) groups is 1. The smallest absolute Gasteiger partial charge is 0.270 e. The maximum atomic E-state index is 13.8. The van der Waals surface area contributed by atoms with Gasteiger partial charge in [0.05, 0.1) is 6.04 Å². The molecular formula is C29H31N3O. The van der Waals surface area contributed by atoms with Gasteiger partial charge >= 0.3 is 0 Å². The Morgan fingerprint density at radius 2 is 1.42 bits per heavy atom. The zero-order chi connectivity index (χ0) is 23.0. The number of unbranched alkanes of at least 4 members (excludes halogenated alkanes) is 1. The van der Waals surface area contributed by atoms with E-state index in [4.69, 9.17) is 4.98 Å². The van der Waals surface area contributed by atoms with Gasteiger partial charge in [-0.15, -0.1) is 0 Å². The quantitative estimate of drug-likeness (QED) is 0.310. The number of hydrogen-bond acceptors (Lipinski definition) is 2. The number of carbonyl (C=O) groups excluding carboxylic acids is 1. The highest BCUT2D eigenvalue weighted by molar-refractivity contribution is 5.99. The Morgan fingerprint density at radius 3 is 2.00 bits per heavy atom. The standard InChI is InChI=1S/C29H31N3O/c1-3-5-21-25(22-15-9-6-10-16-22)30-29(33)27-26(23-17-11-7-12-18-23)31-28(32(27)4-2)24-19-13-8-14-20-24/h6-20,25H,3-5,21H2,1-2H3,(H,30,33). The number of nitrogens with one attached hydrogen (secondary N) is 1. The van der Waals surface area contributed by atoms with Crippen molar-refractivity contribution in [2.45, 2.75) is 45.7 Å². The molecule has 0 saturated carbocycles. The van der Waals surface area contributed by atoms with Gasteiger partial charge in [0.15, 0.2) is 0 Å². The van der Waals surface area contributed by atoms with Gasteiger partial charge < -0.3 is 9.88 Å². The SMILES string of the molecule is CCCCC(NC(=O)c1c(-c2ccccc2)nc(-c2ccccc2)n1CC)c1ccccc1. The number of benzene rings is 3. The first-order chi connectivity index (χ1) is 16.2. The van der Waals surface area contributed by atoms with E-state index in [1.165, 1.54) is 0 Å².